The van der Waals surface area contributed by atoms with Crippen LogP contribution in [0.3, 0.4) is 0 Å². The average molecular weight is 285 g/mol. The van der Waals surface area contributed by atoms with Gasteiger partial charge in [-0.15, -0.1) is 0 Å². The fourth-order valence-electron chi connectivity index (χ4n) is 1.99. The van der Waals surface area contributed by atoms with E-state index in [4.69, 9.17) is 5.11 Å². The van der Waals surface area contributed by atoms with Crippen molar-refractivity contribution in [2.45, 2.75) is 11.8 Å². The molecule has 0 heterocycles. The number of carboxylic acids is 2. The van der Waals surface area contributed by atoms with Gasteiger partial charge in [0.05, 0.1) is 5.92 Å². The van der Waals surface area contributed by atoms with Crippen LogP contribution in [-0.2, 0) is 15.0 Å². The molecular weight excluding hydrogens is 276 g/mol. The molecule has 0 spiro atoms. The van der Waals surface area contributed by atoms with Gasteiger partial charge in [0.1, 0.15) is 5.41 Å². The summed E-state index contributed by atoms with van der Waals surface area (Å²) >= 11 is 3.25. The van der Waals surface area contributed by atoms with Crippen LogP contribution in [0.4, 0.5) is 0 Å². The van der Waals surface area contributed by atoms with Gasteiger partial charge in [-0.3, -0.25) is 9.59 Å². The Balaban J connectivity index is 2.40. The molecule has 1 aliphatic rings. The SMILES string of the molecule is O=C(O)C1CC1(C(=O)O)c1ccc(Br)cc1. The Bertz CT molecular complexity index is 454. The summed E-state index contributed by atoms with van der Waals surface area (Å²) in [7, 11) is 0. The van der Waals surface area contributed by atoms with Crippen LogP contribution in [0.5, 0.6) is 0 Å². The summed E-state index contributed by atoms with van der Waals surface area (Å²) in [5, 5.41) is 18.1. The van der Waals surface area contributed by atoms with Crippen LogP contribution in [0.2, 0.25) is 0 Å². The van der Waals surface area contributed by atoms with E-state index in [2.05, 4.69) is 15.9 Å². The lowest BCUT2D eigenvalue weighted by atomic mass is 9.93. The Kier molecular flexibility index (Phi) is 2.50. The molecule has 0 radical (unpaired) electrons. The highest BCUT2D eigenvalue weighted by Crippen LogP contribution is 2.54. The van der Waals surface area contributed by atoms with Crippen molar-refractivity contribution in [3.8, 4) is 0 Å². The van der Waals surface area contributed by atoms with Crippen molar-refractivity contribution in [2.75, 3.05) is 0 Å². The topological polar surface area (TPSA) is 74.6 Å². The maximum absolute atomic E-state index is 11.2. The Hall–Kier alpha value is -1.36. The molecule has 84 valence electrons. The fraction of sp³-hybridized carbons (Fsp3) is 0.273. The van der Waals surface area contributed by atoms with Gasteiger partial charge in [0, 0.05) is 4.47 Å². The van der Waals surface area contributed by atoms with Crippen molar-refractivity contribution in [2.24, 2.45) is 5.92 Å². The van der Waals surface area contributed by atoms with Gasteiger partial charge >= 0.3 is 11.9 Å². The van der Waals surface area contributed by atoms with Crippen LogP contribution in [0.25, 0.3) is 0 Å². The molecule has 0 aromatic heterocycles. The van der Waals surface area contributed by atoms with Crippen LogP contribution >= 0.6 is 15.9 Å². The number of aliphatic carboxylic acids is 2. The summed E-state index contributed by atoms with van der Waals surface area (Å²) in [6.45, 7) is 0. The minimum atomic E-state index is -1.23. The van der Waals surface area contributed by atoms with Gasteiger partial charge in [-0.25, -0.2) is 0 Å². The lowest BCUT2D eigenvalue weighted by molar-refractivity contribution is -0.145. The van der Waals surface area contributed by atoms with E-state index >= 15 is 0 Å². The zero-order valence-corrected chi connectivity index (χ0v) is 9.77. The van der Waals surface area contributed by atoms with Crippen molar-refractivity contribution < 1.29 is 19.8 Å². The molecule has 1 aliphatic carbocycles. The van der Waals surface area contributed by atoms with Crippen molar-refractivity contribution in [1.29, 1.82) is 0 Å². The largest absolute Gasteiger partial charge is 0.481 e. The molecule has 0 saturated heterocycles. The molecule has 4 nitrogen and oxygen atoms in total. The second-order valence-electron chi connectivity index (χ2n) is 3.88. The van der Waals surface area contributed by atoms with Gasteiger partial charge in [0.25, 0.3) is 0 Å². The highest BCUT2D eigenvalue weighted by molar-refractivity contribution is 9.10. The normalized spacial score (nSPS) is 27.4. The first-order valence-electron chi connectivity index (χ1n) is 4.70. The van der Waals surface area contributed by atoms with Gasteiger partial charge in [-0.2, -0.15) is 0 Å². The highest BCUT2D eigenvalue weighted by atomic mass is 79.9. The lowest BCUT2D eigenvalue weighted by Gasteiger charge is -2.11. The summed E-state index contributed by atoms with van der Waals surface area (Å²) in [5.41, 5.74) is -0.678. The van der Waals surface area contributed by atoms with Crippen LogP contribution in [0.1, 0.15) is 12.0 Å². The number of carbonyl (C=O) groups is 2. The van der Waals surface area contributed by atoms with E-state index < -0.39 is 23.3 Å². The zero-order chi connectivity index (χ0) is 11.9. The van der Waals surface area contributed by atoms with Gasteiger partial charge < -0.3 is 10.2 Å². The van der Waals surface area contributed by atoms with Crippen molar-refractivity contribution in [3.63, 3.8) is 0 Å². The highest BCUT2D eigenvalue weighted by Gasteiger charge is 2.65. The van der Waals surface area contributed by atoms with Crippen LogP contribution in [-0.4, -0.2) is 22.2 Å². The molecule has 2 N–H and O–H groups in total. The van der Waals surface area contributed by atoms with E-state index in [1.54, 1.807) is 24.3 Å². The van der Waals surface area contributed by atoms with Crippen molar-refractivity contribution in [1.82, 2.24) is 0 Å². The molecule has 2 rings (SSSR count). The zero-order valence-electron chi connectivity index (χ0n) is 8.18. The van der Waals surface area contributed by atoms with E-state index in [1.165, 1.54) is 0 Å². The smallest absolute Gasteiger partial charge is 0.315 e. The predicted octanol–water partition coefficient (Wildman–Crippen LogP) is 1.88. The third-order valence-electron chi connectivity index (χ3n) is 3.00. The number of hydrogen-bond donors (Lipinski definition) is 2. The number of rotatable bonds is 3. The summed E-state index contributed by atoms with van der Waals surface area (Å²) in [5.74, 6) is -2.93. The third kappa shape index (κ3) is 1.51. The van der Waals surface area contributed by atoms with E-state index in [9.17, 15) is 14.7 Å². The predicted molar refractivity (Wildman–Crippen MR) is 59.2 cm³/mol. The molecule has 0 aliphatic heterocycles. The standard InChI is InChI=1S/C11H9BrO4/c12-7-3-1-6(2-4-7)11(10(15)16)5-8(11)9(13)14/h1-4,8H,5H2,(H,13,14)(H,15,16). The first kappa shape index (κ1) is 11.1. The monoisotopic (exact) mass is 284 g/mol. The second-order valence-corrected chi connectivity index (χ2v) is 4.79. The number of halogens is 1. The molecule has 0 bridgehead atoms. The fourth-order valence-corrected chi connectivity index (χ4v) is 2.25. The van der Waals surface area contributed by atoms with E-state index in [1.807, 2.05) is 0 Å². The summed E-state index contributed by atoms with van der Waals surface area (Å²) in [4.78, 5) is 22.1. The van der Waals surface area contributed by atoms with E-state index in [0.29, 0.717) is 5.56 Å². The number of benzene rings is 1. The first-order valence-corrected chi connectivity index (χ1v) is 5.50. The number of carboxylic acid groups (broad SMARTS) is 2. The quantitative estimate of drug-likeness (QED) is 0.889. The third-order valence-corrected chi connectivity index (χ3v) is 3.53. The maximum Gasteiger partial charge on any atom is 0.315 e. The first-order chi connectivity index (χ1) is 7.48. The van der Waals surface area contributed by atoms with E-state index in [-0.39, 0.29) is 6.42 Å². The molecule has 2 unspecified atom stereocenters. The molecule has 1 aromatic rings. The second kappa shape index (κ2) is 3.59. The van der Waals surface area contributed by atoms with Gasteiger partial charge in [-0.05, 0) is 24.1 Å². The summed E-state index contributed by atoms with van der Waals surface area (Å²) in [6, 6.07) is 6.75. The molecular formula is C11H9BrO4. The molecule has 1 fully saturated rings. The molecule has 5 heteroatoms. The maximum atomic E-state index is 11.2. The Morgan fingerprint density at radius 2 is 1.81 bits per heavy atom. The molecule has 1 saturated carbocycles. The Labute approximate surface area is 100 Å². The van der Waals surface area contributed by atoms with Gasteiger partial charge in [-0.1, -0.05) is 28.1 Å². The van der Waals surface area contributed by atoms with E-state index in [0.717, 1.165) is 4.47 Å². The van der Waals surface area contributed by atoms with Crippen LogP contribution in [0.15, 0.2) is 28.7 Å². The minimum Gasteiger partial charge on any atom is -0.481 e. The molecule has 1 aromatic carbocycles. The minimum absolute atomic E-state index is 0.166. The van der Waals surface area contributed by atoms with Crippen LogP contribution in [0, 0.1) is 5.92 Å². The summed E-state index contributed by atoms with van der Waals surface area (Å²) < 4.78 is 0.837. The van der Waals surface area contributed by atoms with Crippen LogP contribution < -0.4 is 0 Å². The molecule has 2 atom stereocenters. The lowest BCUT2D eigenvalue weighted by Crippen LogP contribution is -2.25. The number of hydrogen-bond acceptors (Lipinski definition) is 2. The van der Waals surface area contributed by atoms with Crippen molar-refractivity contribution in [3.05, 3.63) is 34.3 Å². The van der Waals surface area contributed by atoms with Gasteiger partial charge in [0.15, 0.2) is 0 Å². The average Bonchev–Trinajstić information content (AvgIpc) is 2.95. The Morgan fingerprint density at radius 3 is 2.19 bits per heavy atom. The van der Waals surface area contributed by atoms with Crippen molar-refractivity contribution >= 4 is 27.9 Å². The molecule has 0 amide bonds. The summed E-state index contributed by atoms with van der Waals surface area (Å²) in [6.07, 6.45) is 0.166. The van der Waals surface area contributed by atoms with Gasteiger partial charge in [0.2, 0.25) is 0 Å². The Morgan fingerprint density at radius 1 is 1.25 bits per heavy atom. The molecule has 16 heavy (non-hydrogen) atoms.